The molecule has 7 heteroatoms. The molecule has 20 heavy (non-hydrogen) atoms. The zero-order valence-electron chi connectivity index (χ0n) is 11.8. The number of halogens is 3. The first-order valence-electron chi connectivity index (χ1n) is 6.07. The van der Waals surface area contributed by atoms with E-state index in [2.05, 4.69) is 4.72 Å². The third kappa shape index (κ3) is 4.49. The third-order valence-corrected chi connectivity index (χ3v) is 4.33. The largest absolute Gasteiger partial charge is 0.416 e. The van der Waals surface area contributed by atoms with Gasteiger partial charge in [-0.2, -0.15) is 13.2 Å². The zero-order chi connectivity index (χ0) is 15.7. The first-order valence-corrected chi connectivity index (χ1v) is 7.22. The second kappa shape index (κ2) is 5.73. The molecule has 0 aliphatic rings. The lowest BCUT2D eigenvalue weighted by Crippen LogP contribution is -2.34. The van der Waals surface area contributed by atoms with Gasteiger partial charge in [-0.3, -0.25) is 0 Å². The fourth-order valence-corrected chi connectivity index (χ4v) is 2.31. The predicted molar refractivity (Wildman–Crippen MR) is 75.3 cm³/mol. The second-order valence-corrected chi connectivity index (χ2v) is 7.60. The lowest BCUT2D eigenvalue weighted by atomic mass is 10.0. The quantitative estimate of drug-likeness (QED) is 0.841. The average molecular weight is 308 g/mol. The highest BCUT2D eigenvalue weighted by Gasteiger charge is 2.31. The molecule has 3 nitrogen and oxygen atoms in total. The summed E-state index contributed by atoms with van der Waals surface area (Å²) in [6.07, 6.45) is -4.45. The van der Waals surface area contributed by atoms with Crippen LogP contribution >= 0.6 is 0 Å². The van der Waals surface area contributed by atoms with Crippen LogP contribution in [0.3, 0.4) is 0 Å². The third-order valence-electron chi connectivity index (χ3n) is 2.64. The molecular weight excluding hydrogens is 289 g/mol. The van der Waals surface area contributed by atoms with Gasteiger partial charge < -0.3 is 5.73 Å². The van der Waals surface area contributed by atoms with Crippen molar-refractivity contribution in [2.24, 2.45) is 0 Å². The Labute approximate surface area is 119 Å². The van der Waals surface area contributed by atoms with Gasteiger partial charge in [-0.15, -0.1) is 0 Å². The summed E-state index contributed by atoms with van der Waals surface area (Å²) in [6, 6.07) is 2.86. The van der Waals surface area contributed by atoms with E-state index in [1.165, 1.54) is 6.07 Å². The summed E-state index contributed by atoms with van der Waals surface area (Å²) in [5.41, 5.74) is 5.09. The predicted octanol–water partition coefficient (Wildman–Crippen LogP) is 3.40. The second-order valence-electron chi connectivity index (χ2n) is 5.61. The van der Waals surface area contributed by atoms with Crippen molar-refractivity contribution < 1.29 is 17.4 Å². The minimum atomic E-state index is -4.45. The van der Waals surface area contributed by atoms with Crippen molar-refractivity contribution in [3.8, 4) is 0 Å². The number of nitrogens with two attached hydrogens (primary N) is 1. The number of anilines is 1. The maximum absolute atomic E-state index is 12.7. The molecule has 0 saturated carbocycles. The fourth-order valence-electron chi connectivity index (χ4n) is 1.50. The molecule has 1 rings (SSSR count). The molecule has 1 aromatic rings. The topological polar surface area (TPSA) is 55.1 Å². The van der Waals surface area contributed by atoms with Crippen LogP contribution in [0, 0.1) is 0 Å². The fraction of sp³-hybridized carbons (Fsp3) is 0.538. The Kier molecular flexibility index (Phi) is 4.86. The Hall–Kier alpha value is -1.08. The van der Waals surface area contributed by atoms with Gasteiger partial charge in [0.1, 0.15) is 0 Å². The summed E-state index contributed by atoms with van der Waals surface area (Å²) in [7, 11) is -1.37. The van der Waals surface area contributed by atoms with Crippen molar-refractivity contribution in [1.82, 2.24) is 4.72 Å². The summed E-state index contributed by atoms with van der Waals surface area (Å²) in [6.45, 7) is 6.99. The van der Waals surface area contributed by atoms with Crippen molar-refractivity contribution >= 4 is 16.7 Å². The molecule has 0 radical (unpaired) electrons. The van der Waals surface area contributed by atoms with Crippen LogP contribution in [0.1, 0.15) is 44.9 Å². The lowest BCUT2D eigenvalue weighted by Gasteiger charge is -2.23. The van der Waals surface area contributed by atoms with Crippen molar-refractivity contribution in [1.29, 1.82) is 0 Å². The molecule has 0 spiro atoms. The minimum Gasteiger partial charge on any atom is -0.399 e. The van der Waals surface area contributed by atoms with Crippen molar-refractivity contribution in [3.63, 3.8) is 0 Å². The van der Waals surface area contributed by atoms with E-state index in [4.69, 9.17) is 5.73 Å². The van der Waals surface area contributed by atoms with Gasteiger partial charge in [0.05, 0.1) is 21.3 Å². The molecule has 0 aliphatic carbocycles. The molecule has 114 valence electrons. The number of nitrogen functional groups attached to an aromatic ring is 1. The summed E-state index contributed by atoms with van der Waals surface area (Å²) in [5.74, 6) is 0. The minimum absolute atomic E-state index is 0.0324. The van der Waals surface area contributed by atoms with E-state index in [0.29, 0.717) is 5.56 Å². The highest BCUT2D eigenvalue weighted by molar-refractivity contribution is 7.84. The monoisotopic (exact) mass is 308 g/mol. The maximum atomic E-state index is 12.7. The van der Waals surface area contributed by atoms with E-state index >= 15 is 0 Å². The van der Waals surface area contributed by atoms with Crippen LogP contribution in [0.5, 0.6) is 0 Å². The molecule has 0 bridgehead atoms. The van der Waals surface area contributed by atoms with E-state index in [-0.39, 0.29) is 5.69 Å². The van der Waals surface area contributed by atoms with Crippen LogP contribution < -0.4 is 10.5 Å². The molecule has 0 fully saturated rings. The molecule has 3 N–H and O–H groups in total. The van der Waals surface area contributed by atoms with Gasteiger partial charge >= 0.3 is 6.18 Å². The van der Waals surface area contributed by atoms with Gasteiger partial charge in [0.2, 0.25) is 0 Å². The number of benzene rings is 1. The lowest BCUT2D eigenvalue weighted by molar-refractivity contribution is -0.137. The number of nitrogens with one attached hydrogen (secondary N) is 1. The molecule has 0 heterocycles. The van der Waals surface area contributed by atoms with Crippen LogP contribution in [0.15, 0.2) is 18.2 Å². The summed E-state index contributed by atoms with van der Waals surface area (Å²) in [4.78, 5) is 0. The first kappa shape index (κ1) is 17.0. The normalized spacial score (nSPS) is 15.9. The molecule has 0 saturated heterocycles. The van der Waals surface area contributed by atoms with Gasteiger partial charge in [0.25, 0.3) is 0 Å². The van der Waals surface area contributed by atoms with E-state index in [1.54, 1.807) is 27.7 Å². The van der Waals surface area contributed by atoms with Gasteiger partial charge in [0, 0.05) is 11.7 Å². The van der Waals surface area contributed by atoms with Crippen molar-refractivity contribution in [3.05, 3.63) is 29.3 Å². The zero-order valence-corrected chi connectivity index (χ0v) is 12.7. The smallest absolute Gasteiger partial charge is 0.399 e. The molecule has 0 aliphatic heterocycles. The van der Waals surface area contributed by atoms with Crippen LogP contribution in [-0.2, 0) is 17.2 Å². The summed E-state index contributed by atoms with van der Waals surface area (Å²) >= 11 is 0. The number of hydrogen-bond acceptors (Lipinski definition) is 2. The van der Waals surface area contributed by atoms with Crippen molar-refractivity contribution in [2.45, 2.75) is 44.7 Å². The maximum Gasteiger partial charge on any atom is 0.416 e. The number of hydrogen-bond donors (Lipinski definition) is 2. The average Bonchev–Trinajstić information content (AvgIpc) is 2.25. The Morgan fingerprint density at radius 3 is 2.20 bits per heavy atom. The van der Waals surface area contributed by atoms with E-state index in [9.17, 15) is 17.4 Å². The Balaban J connectivity index is 3.02. The van der Waals surface area contributed by atoms with E-state index in [0.717, 1.165) is 12.1 Å². The van der Waals surface area contributed by atoms with Crippen LogP contribution in [0.2, 0.25) is 0 Å². The Morgan fingerprint density at radius 2 is 1.75 bits per heavy atom. The van der Waals surface area contributed by atoms with Crippen LogP contribution in [0.4, 0.5) is 18.9 Å². The standard InChI is InChI=1S/C13H19F3N2OS/c1-8(18-20(19)12(2,3)4)9-5-10(13(14,15)16)7-11(17)6-9/h5-8,18H,17H2,1-4H3/t8-,20+/m1/s1. The van der Waals surface area contributed by atoms with Crippen molar-refractivity contribution in [2.75, 3.05) is 5.73 Å². The highest BCUT2D eigenvalue weighted by atomic mass is 32.2. The molecule has 1 aromatic carbocycles. The number of alkyl halides is 3. The van der Waals surface area contributed by atoms with Gasteiger partial charge in [0.15, 0.2) is 0 Å². The molecule has 0 aromatic heterocycles. The number of rotatable bonds is 3. The molecular formula is C13H19F3N2OS. The summed E-state index contributed by atoms with van der Waals surface area (Å²) < 4.78 is 52.4. The van der Waals surface area contributed by atoms with E-state index in [1.807, 2.05) is 0 Å². The SMILES string of the molecule is C[C@@H](N[S@@](=O)C(C)(C)C)c1cc(N)cc(C(F)(F)F)c1. The summed E-state index contributed by atoms with van der Waals surface area (Å²) in [5, 5.41) is 0. The van der Waals surface area contributed by atoms with E-state index < -0.39 is 33.5 Å². The van der Waals surface area contributed by atoms with Crippen LogP contribution in [-0.4, -0.2) is 8.96 Å². The Morgan fingerprint density at radius 1 is 1.20 bits per heavy atom. The molecule has 0 amide bonds. The first-order chi connectivity index (χ1) is 8.91. The van der Waals surface area contributed by atoms with Gasteiger partial charge in [-0.05, 0) is 51.5 Å². The Bertz CT molecular complexity index is 509. The highest BCUT2D eigenvalue weighted by Crippen LogP contribution is 2.32. The van der Waals surface area contributed by atoms with Gasteiger partial charge in [-0.1, -0.05) is 0 Å². The molecule has 0 unspecified atom stereocenters. The van der Waals surface area contributed by atoms with Gasteiger partial charge in [-0.25, -0.2) is 8.93 Å². The molecule has 2 atom stereocenters. The van der Waals surface area contributed by atoms with Crippen LogP contribution in [0.25, 0.3) is 0 Å².